The second-order valence-corrected chi connectivity index (χ2v) is 3.62. The third kappa shape index (κ3) is 7.10. The lowest BCUT2D eigenvalue weighted by atomic mass is 10.2. The Labute approximate surface area is 91.7 Å². The minimum Gasteiger partial charge on any atom is -0.756 e. The number of hydrogen-bond donors (Lipinski definition) is 3. The average Bonchev–Trinajstić information content (AvgIpc) is 2.15. The first-order chi connectivity index (χ1) is 7.25. The van der Waals surface area contributed by atoms with Crippen LogP contribution >= 0.6 is 7.82 Å². The van der Waals surface area contributed by atoms with E-state index in [-0.39, 0.29) is 5.97 Å². The van der Waals surface area contributed by atoms with Gasteiger partial charge in [0.15, 0.2) is 0 Å². The summed E-state index contributed by atoms with van der Waals surface area (Å²) in [6.07, 6.45) is 0. The van der Waals surface area contributed by atoms with Crippen LogP contribution in [0.5, 0.6) is 0 Å². The molecule has 8 heteroatoms. The van der Waals surface area contributed by atoms with E-state index in [2.05, 4.69) is 10.5 Å². The Balaban J connectivity index is 0.000000385. The van der Waals surface area contributed by atoms with Crippen LogP contribution in [0.4, 0.5) is 5.69 Å². The molecule has 0 aliphatic rings. The minimum atomic E-state index is -4.89. The third-order valence-corrected chi connectivity index (χ3v) is 1.42. The normalized spacial score (nSPS) is 10.1. The molecule has 7 nitrogen and oxygen atoms in total. The maximum absolute atomic E-state index is 11.0. The molecule has 0 radical (unpaired) electrons. The van der Waals surface area contributed by atoms with E-state index in [4.69, 9.17) is 19.2 Å². The Morgan fingerprint density at radius 2 is 1.88 bits per heavy atom. The van der Waals surface area contributed by atoms with E-state index in [1.54, 1.807) is 18.2 Å². The highest BCUT2D eigenvalue weighted by Gasteiger charge is 2.09. The van der Waals surface area contributed by atoms with Crippen LogP contribution in [-0.2, 0) is 9.30 Å². The maximum Gasteiger partial charge on any atom is 0.343 e. The summed E-state index contributed by atoms with van der Waals surface area (Å²) in [7, 11) is -3.53. The fraction of sp³-hybridized carbons (Fsp3) is 0.125. The predicted molar refractivity (Wildman–Crippen MR) is 52.4 cm³/mol. The van der Waals surface area contributed by atoms with E-state index in [9.17, 15) is 4.79 Å². The van der Waals surface area contributed by atoms with Gasteiger partial charge in [0.1, 0.15) is 11.3 Å². The molecular formula is C8H12NO6P. The summed E-state index contributed by atoms with van der Waals surface area (Å²) in [5.41, 5.74) is 4.91. The Hall–Kier alpha value is -1.24. The molecule has 0 fully saturated rings. The van der Waals surface area contributed by atoms with Crippen molar-refractivity contribution in [2.75, 3.05) is 7.11 Å². The van der Waals surface area contributed by atoms with Gasteiger partial charge in [-0.1, -0.05) is 12.1 Å². The van der Waals surface area contributed by atoms with Crippen LogP contribution in [0.3, 0.4) is 0 Å². The van der Waals surface area contributed by atoms with Crippen LogP contribution < -0.4 is 10.6 Å². The molecule has 0 saturated heterocycles. The van der Waals surface area contributed by atoms with Gasteiger partial charge in [0.05, 0.1) is 7.11 Å². The highest BCUT2D eigenvalue weighted by molar-refractivity contribution is 7.43. The van der Waals surface area contributed by atoms with Crippen LogP contribution in [0.15, 0.2) is 24.3 Å². The van der Waals surface area contributed by atoms with Crippen LogP contribution in [0.2, 0.25) is 0 Å². The van der Waals surface area contributed by atoms with E-state index in [1.165, 1.54) is 7.11 Å². The van der Waals surface area contributed by atoms with Crippen LogP contribution in [0.25, 0.3) is 0 Å². The van der Waals surface area contributed by atoms with E-state index in [0.29, 0.717) is 11.3 Å². The zero-order chi connectivity index (χ0) is 12.8. The molecule has 0 saturated carbocycles. The molecule has 0 atom stereocenters. The molecule has 0 heterocycles. The third-order valence-electron chi connectivity index (χ3n) is 1.42. The second kappa shape index (κ2) is 6.37. The van der Waals surface area contributed by atoms with Crippen molar-refractivity contribution in [3.63, 3.8) is 0 Å². The van der Waals surface area contributed by atoms with Crippen molar-refractivity contribution < 1.29 is 34.5 Å². The molecule has 5 N–H and O–H groups in total. The molecule has 0 aliphatic heterocycles. The smallest absolute Gasteiger partial charge is 0.343 e. The lowest BCUT2D eigenvalue weighted by Crippen LogP contribution is -2.42. The summed E-state index contributed by atoms with van der Waals surface area (Å²) >= 11 is 0. The lowest BCUT2D eigenvalue weighted by molar-refractivity contribution is -0.255. The molecule has 16 heavy (non-hydrogen) atoms. The zero-order valence-corrected chi connectivity index (χ0v) is 9.39. The first-order valence-corrected chi connectivity index (χ1v) is 5.54. The van der Waals surface area contributed by atoms with Gasteiger partial charge < -0.3 is 25.2 Å². The predicted octanol–water partition coefficient (Wildman–Crippen LogP) is -1.21. The van der Waals surface area contributed by atoms with Crippen molar-refractivity contribution in [3.05, 3.63) is 29.8 Å². The van der Waals surface area contributed by atoms with Crippen molar-refractivity contribution in [3.8, 4) is 0 Å². The number of hydrogen-bond acceptors (Lipinski definition) is 4. The number of quaternary nitrogens is 1. The van der Waals surface area contributed by atoms with Gasteiger partial charge in [0.25, 0.3) is 7.82 Å². The molecule has 0 amide bonds. The fourth-order valence-electron chi connectivity index (χ4n) is 0.829. The molecule has 0 unspecified atom stereocenters. The van der Waals surface area contributed by atoms with E-state index in [1.807, 2.05) is 6.07 Å². The maximum atomic E-state index is 11.0. The number of rotatable bonds is 1. The molecule has 1 aromatic rings. The number of esters is 1. The molecule has 0 spiro atoms. The Bertz CT molecular complexity index is 393. The number of benzene rings is 1. The van der Waals surface area contributed by atoms with E-state index < -0.39 is 7.82 Å². The largest absolute Gasteiger partial charge is 0.756 e. The van der Waals surface area contributed by atoms with Gasteiger partial charge in [0, 0.05) is 0 Å². The highest BCUT2D eigenvalue weighted by Crippen LogP contribution is 2.18. The molecular weight excluding hydrogens is 237 g/mol. The van der Waals surface area contributed by atoms with Crippen molar-refractivity contribution in [1.82, 2.24) is 0 Å². The standard InChI is InChI=1S/C8H9NO2.H3O4P/c1-11-8(10)6-4-2-3-5-7(6)9;1-5(2,3)4/h2-5H,9H2,1H3;(H3,1,2,3,4). The van der Waals surface area contributed by atoms with Gasteiger partial charge in [-0.2, -0.15) is 0 Å². The quantitative estimate of drug-likeness (QED) is 0.422. The first kappa shape index (κ1) is 14.8. The Morgan fingerprint density at radius 1 is 1.44 bits per heavy atom. The van der Waals surface area contributed by atoms with Crippen molar-refractivity contribution in [2.45, 2.75) is 0 Å². The van der Waals surface area contributed by atoms with Crippen LogP contribution in [0, 0.1) is 0 Å². The molecule has 1 aromatic carbocycles. The number of methoxy groups -OCH3 is 1. The average molecular weight is 249 g/mol. The van der Waals surface area contributed by atoms with E-state index >= 15 is 0 Å². The summed E-state index contributed by atoms with van der Waals surface area (Å²) in [4.78, 5) is 33.9. The molecule has 1 rings (SSSR count). The van der Waals surface area contributed by atoms with Gasteiger partial charge >= 0.3 is 5.97 Å². The minimum absolute atomic E-state index is 0.337. The lowest BCUT2D eigenvalue weighted by Gasteiger charge is -2.01. The summed E-state index contributed by atoms with van der Waals surface area (Å²) in [6, 6.07) is 7.07. The summed E-state index contributed by atoms with van der Waals surface area (Å²) in [5.74, 6) is -0.337. The van der Waals surface area contributed by atoms with Crippen LogP contribution in [0.1, 0.15) is 10.4 Å². The van der Waals surface area contributed by atoms with Crippen LogP contribution in [-0.4, -0.2) is 22.9 Å². The summed E-state index contributed by atoms with van der Waals surface area (Å²) in [6.45, 7) is 0. The first-order valence-electron chi connectivity index (χ1n) is 4.01. The van der Waals surface area contributed by atoms with Crippen molar-refractivity contribution in [1.29, 1.82) is 0 Å². The second-order valence-electron chi connectivity index (χ2n) is 2.64. The molecule has 0 aromatic heterocycles. The summed E-state index contributed by atoms with van der Waals surface area (Å²) in [5, 5.41) is 0. The SMILES string of the molecule is COC(=O)c1ccccc1[NH3+].O=P([O-])(O)O. The van der Waals surface area contributed by atoms with Gasteiger partial charge in [-0.05, 0) is 12.1 Å². The van der Waals surface area contributed by atoms with Crippen molar-refractivity contribution in [2.24, 2.45) is 0 Å². The van der Waals surface area contributed by atoms with Crippen molar-refractivity contribution >= 4 is 19.5 Å². The fourth-order valence-corrected chi connectivity index (χ4v) is 0.829. The Morgan fingerprint density at radius 3 is 2.25 bits per heavy atom. The number of ether oxygens (including phenoxy) is 1. The van der Waals surface area contributed by atoms with Gasteiger partial charge in [-0.3, -0.25) is 4.57 Å². The highest BCUT2D eigenvalue weighted by atomic mass is 31.2. The molecule has 0 aliphatic carbocycles. The molecule has 0 bridgehead atoms. The van der Waals surface area contributed by atoms with Gasteiger partial charge in [0.2, 0.25) is 0 Å². The summed E-state index contributed by atoms with van der Waals surface area (Å²) < 4.78 is 13.3. The monoisotopic (exact) mass is 249 g/mol. The number of phosphoric acid groups is 1. The van der Waals surface area contributed by atoms with Gasteiger partial charge in [-0.25, -0.2) is 4.79 Å². The van der Waals surface area contributed by atoms with E-state index in [0.717, 1.165) is 0 Å². The Kier molecular flexibility index (Phi) is 5.87. The zero-order valence-electron chi connectivity index (χ0n) is 8.49. The van der Waals surface area contributed by atoms with Gasteiger partial charge in [-0.15, -0.1) is 0 Å². The number of carbonyl (C=O) groups excluding carboxylic acids is 1. The molecule has 90 valence electrons. The topological polar surface area (TPSA) is 135 Å². The number of carbonyl (C=O) groups is 1.